The Bertz CT molecular complexity index is 253. The van der Waals surface area contributed by atoms with Gasteiger partial charge in [0.15, 0.2) is 0 Å². The summed E-state index contributed by atoms with van der Waals surface area (Å²) in [5, 5.41) is 3.30. The normalized spacial score (nSPS) is 24.3. The van der Waals surface area contributed by atoms with Crippen LogP contribution in [0.1, 0.15) is 39.5 Å². The van der Waals surface area contributed by atoms with Gasteiger partial charge in [0.1, 0.15) is 0 Å². The first-order chi connectivity index (χ1) is 7.64. The number of rotatable bonds is 3. The minimum atomic E-state index is 0.0194. The first-order valence-corrected chi connectivity index (χ1v) is 6.64. The summed E-state index contributed by atoms with van der Waals surface area (Å²) in [6.07, 6.45) is 4.56. The van der Waals surface area contributed by atoms with E-state index < -0.39 is 0 Å². The highest BCUT2D eigenvalue weighted by atomic mass is 16.2. The van der Waals surface area contributed by atoms with Gasteiger partial charge in [-0.2, -0.15) is 0 Å². The topological polar surface area (TPSA) is 32.3 Å². The van der Waals surface area contributed by atoms with Gasteiger partial charge in [0.2, 0.25) is 5.91 Å². The summed E-state index contributed by atoms with van der Waals surface area (Å²) in [5.74, 6) is 1.07. The third-order valence-electron chi connectivity index (χ3n) is 3.97. The van der Waals surface area contributed by atoms with Crippen molar-refractivity contribution in [3.8, 4) is 0 Å². The smallest absolute Gasteiger partial charge is 0.228 e. The third kappa shape index (κ3) is 2.24. The van der Waals surface area contributed by atoms with Crippen LogP contribution >= 0.6 is 0 Å². The van der Waals surface area contributed by atoms with Crippen LogP contribution in [0.5, 0.6) is 0 Å². The van der Waals surface area contributed by atoms with Crippen LogP contribution in [-0.2, 0) is 4.79 Å². The fourth-order valence-corrected chi connectivity index (χ4v) is 3.09. The number of hydrogen-bond donors (Lipinski definition) is 1. The SMILES string of the molecule is CC(C)CC1(C(=O)N2CCNCC2)CCC1. The van der Waals surface area contributed by atoms with E-state index in [1.165, 1.54) is 6.42 Å². The van der Waals surface area contributed by atoms with Crippen molar-refractivity contribution in [1.29, 1.82) is 0 Å². The van der Waals surface area contributed by atoms with Crippen molar-refractivity contribution < 1.29 is 4.79 Å². The summed E-state index contributed by atoms with van der Waals surface area (Å²) in [4.78, 5) is 14.6. The predicted molar refractivity (Wildman–Crippen MR) is 65.2 cm³/mol. The van der Waals surface area contributed by atoms with Crippen molar-refractivity contribution in [2.24, 2.45) is 11.3 Å². The molecule has 0 atom stereocenters. The molecule has 2 fully saturated rings. The van der Waals surface area contributed by atoms with E-state index in [1.807, 2.05) is 0 Å². The van der Waals surface area contributed by atoms with Crippen LogP contribution in [-0.4, -0.2) is 37.0 Å². The van der Waals surface area contributed by atoms with Crippen molar-refractivity contribution in [2.75, 3.05) is 26.2 Å². The molecule has 1 saturated heterocycles. The summed E-state index contributed by atoms with van der Waals surface area (Å²) in [6.45, 7) is 8.18. The van der Waals surface area contributed by atoms with Crippen molar-refractivity contribution in [3.05, 3.63) is 0 Å². The van der Waals surface area contributed by atoms with E-state index in [2.05, 4.69) is 24.1 Å². The fraction of sp³-hybridized carbons (Fsp3) is 0.923. The maximum atomic E-state index is 12.5. The third-order valence-corrected chi connectivity index (χ3v) is 3.97. The lowest BCUT2D eigenvalue weighted by Gasteiger charge is -2.45. The lowest BCUT2D eigenvalue weighted by molar-refractivity contribution is -0.149. The highest BCUT2D eigenvalue weighted by Gasteiger charge is 2.46. The Morgan fingerprint density at radius 3 is 2.38 bits per heavy atom. The van der Waals surface area contributed by atoms with E-state index in [0.29, 0.717) is 11.8 Å². The number of nitrogens with zero attached hydrogens (tertiary/aromatic N) is 1. The molecule has 0 bridgehead atoms. The predicted octanol–water partition coefficient (Wildman–Crippen LogP) is 1.63. The molecule has 0 unspecified atom stereocenters. The lowest BCUT2D eigenvalue weighted by Crippen LogP contribution is -2.54. The van der Waals surface area contributed by atoms with Gasteiger partial charge in [-0.15, -0.1) is 0 Å². The Morgan fingerprint density at radius 2 is 1.94 bits per heavy atom. The Balaban J connectivity index is 1.99. The fourth-order valence-electron chi connectivity index (χ4n) is 3.09. The van der Waals surface area contributed by atoms with E-state index in [1.54, 1.807) is 0 Å². The summed E-state index contributed by atoms with van der Waals surface area (Å²) >= 11 is 0. The second-order valence-electron chi connectivity index (χ2n) is 5.77. The van der Waals surface area contributed by atoms with Crippen LogP contribution in [0.4, 0.5) is 0 Å². The van der Waals surface area contributed by atoms with Gasteiger partial charge < -0.3 is 10.2 Å². The van der Waals surface area contributed by atoms with Crippen molar-refractivity contribution in [2.45, 2.75) is 39.5 Å². The average molecular weight is 224 g/mol. The number of carbonyl (C=O) groups is 1. The minimum absolute atomic E-state index is 0.0194. The first kappa shape index (κ1) is 11.9. The molecule has 0 radical (unpaired) electrons. The molecule has 16 heavy (non-hydrogen) atoms. The molecule has 0 aromatic rings. The van der Waals surface area contributed by atoms with Gasteiger partial charge in [-0.3, -0.25) is 4.79 Å². The van der Waals surface area contributed by atoms with Crippen LogP contribution in [0.3, 0.4) is 0 Å². The van der Waals surface area contributed by atoms with Crippen molar-refractivity contribution in [3.63, 3.8) is 0 Å². The monoisotopic (exact) mass is 224 g/mol. The minimum Gasteiger partial charge on any atom is -0.340 e. The summed E-state index contributed by atoms with van der Waals surface area (Å²) in [6, 6.07) is 0. The lowest BCUT2D eigenvalue weighted by atomic mass is 9.63. The molecule has 3 nitrogen and oxygen atoms in total. The molecule has 0 aromatic heterocycles. The number of piperazine rings is 1. The molecule has 2 rings (SSSR count). The second-order valence-corrected chi connectivity index (χ2v) is 5.77. The van der Waals surface area contributed by atoms with E-state index in [9.17, 15) is 4.79 Å². The molecule has 1 aliphatic heterocycles. The molecule has 1 N–H and O–H groups in total. The molecule has 0 spiro atoms. The van der Waals surface area contributed by atoms with Gasteiger partial charge in [0.25, 0.3) is 0 Å². The number of nitrogens with one attached hydrogen (secondary N) is 1. The van der Waals surface area contributed by atoms with Gasteiger partial charge in [-0.25, -0.2) is 0 Å². The zero-order chi connectivity index (χ0) is 11.6. The van der Waals surface area contributed by atoms with Gasteiger partial charge in [-0.1, -0.05) is 20.3 Å². The molecular weight excluding hydrogens is 200 g/mol. The highest BCUT2D eigenvalue weighted by Crippen LogP contribution is 2.47. The number of hydrogen-bond acceptors (Lipinski definition) is 2. The Hall–Kier alpha value is -0.570. The highest BCUT2D eigenvalue weighted by molar-refractivity contribution is 5.83. The van der Waals surface area contributed by atoms with Crippen molar-refractivity contribution in [1.82, 2.24) is 10.2 Å². The van der Waals surface area contributed by atoms with Crippen LogP contribution in [0.2, 0.25) is 0 Å². The van der Waals surface area contributed by atoms with Gasteiger partial charge in [-0.05, 0) is 25.2 Å². The zero-order valence-corrected chi connectivity index (χ0v) is 10.6. The van der Waals surface area contributed by atoms with Crippen LogP contribution in [0.25, 0.3) is 0 Å². The molecule has 1 heterocycles. The Kier molecular flexibility index (Phi) is 3.53. The van der Waals surface area contributed by atoms with E-state index in [-0.39, 0.29) is 5.41 Å². The molecule has 92 valence electrons. The van der Waals surface area contributed by atoms with Crippen LogP contribution < -0.4 is 5.32 Å². The molecule has 0 aromatic carbocycles. The van der Waals surface area contributed by atoms with Gasteiger partial charge in [0, 0.05) is 31.6 Å². The average Bonchev–Trinajstić information content (AvgIpc) is 2.23. The largest absolute Gasteiger partial charge is 0.340 e. The number of amides is 1. The Labute approximate surface area is 98.6 Å². The van der Waals surface area contributed by atoms with Crippen molar-refractivity contribution >= 4 is 5.91 Å². The van der Waals surface area contributed by atoms with Crippen LogP contribution in [0.15, 0.2) is 0 Å². The van der Waals surface area contributed by atoms with Crippen LogP contribution in [0, 0.1) is 11.3 Å². The molecule has 1 aliphatic carbocycles. The molecule has 3 heteroatoms. The molecule has 1 amide bonds. The summed E-state index contributed by atoms with van der Waals surface area (Å²) in [7, 11) is 0. The van der Waals surface area contributed by atoms with Gasteiger partial charge in [0.05, 0.1) is 0 Å². The van der Waals surface area contributed by atoms with E-state index in [4.69, 9.17) is 0 Å². The first-order valence-electron chi connectivity index (χ1n) is 6.64. The molecule has 2 aliphatic rings. The number of carbonyl (C=O) groups excluding carboxylic acids is 1. The summed E-state index contributed by atoms with van der Waals surface area (Å²) in [5.41, 5.74) is 0.0194. The van der Waals surface area contributed by atoms with Gasteiger partial charge >= 0.3 is 0 Å². The molecular formula is C13H24N2O. The quantitative estimate of drug-likeness (QED) is 0.790. The van der Waals surface area contributed by atoms with E-state index in [0.717, 1.165) is 45.4 Å². The maximum absolute atomic E-state index is 12.5. The maximum Gasteiger partial charge on any atom is 0.228 e. The van der Waals surface area contributed by atoms with E-state index >= 15 is 0 Å². The summed E-state index contributed by atoms with van der Waals surface area (Å²) < 4.78 is 0. The zero-order valence-electron chi connectivity index (χ0n) is 10.6. The standard InChI is InChI=1S/C13H24N2O/c1-11(2)10-13(4-3-5-13)12(16)15-8-6-14-7-9-15/h11,14H,3-10H2,1-2H3. The second kappa shape index (κ2) is 4.74. The molecule has 1 saturated carbocycles. The Morgan fingerprint density at radius 1 is 1.31 bits per heavy atom.